The van der Waals surface area contributed by atoms with Gasteiger partial charge in [0.05, 0.1) is 4.91 Å². The van der Waals surface area contributed by atoms with Gasteiger partial charge in [0.1, 0.15) is 0 Å². The summed E-state index contributed by atoms with van der Waals surface area (Å²) in [6.07, 6.45) is 5.51. The van der Waals surface area contributed by atoms with Crippen molar-refractivity contribution in [1.82, 2.24) is 10.6 Å². The molecule has 2 heterocycles. The van der Waals surface area contributed by atoms with Crippen LogP contribution in [0.1, 0.15) is 12.0 Å². The minimum atomic E-state index is -0.391. The average Bonchev–Trinajstić information content (AvgIpc) is 3.01. The van der Waals surface area contributed by atoms with E-state index in [2.05, 4.69) is 15.5 Å². The van der Waals surface area contributed by atoms with Gasteiger partial charge < -0.3 is 10.2 Å². The van der Waals surface area contributed by atoms with Crippen molar-refractivity contribution in [2.45, 2.75) is 6.42 Å². The van der Waals surface area contributed by atoms with Gasteiger partial charge in [0.25, 0.3) is 11.1 Å². The molecule has 0 saturated carbocycles. The zero-order valence-corrected chi connectivity index (χ0v) is 15.5. The van der Waals surface area contributed by atoms with Crippen molar-refractivity contribution in [3.63, 3.8) is 0 Å². The van der Waals surface area contributed by atoms with Crippen molar-refractivity contribution >= 4 is 40.0 Å². The molecule has 0 bridgehead atoms. The number of benzene rings is 1. The Labute approximate surface area is 161 Å². The Kier molecular flexibility index (Phi) is 4.96. The lowest BCUT2D eigenvalue weighted by Crippen LogP contribution is -2.43. The van der Waals surface area contributed by atoms with Crippen molar-refractivity contribution in [1.29, 1.82) is 0 Å². The number of nitrogens with one attached hydrogen (secondary N) is 2. The van der Waals surface area contributed by atoms with Gasteiger partial charge in [0.15, 0.2) is 5.78 Å². The van der Waals surface area contributed by atoms with Crippen LogP contribution in [0.15, 0.2) is 53.0 Å². The van der Waals surface area contributed by atoms with Crippen molar-refractivity contribution in [2.24, 2.45) is 0 Å². The molecule has 0 atom stereocenters. The van der Waals surface area contributed by atoms with Crippen LogP contribution in [-0.4, -0.2) is 43.1 Å². The fraction of sp³-hybridized carbons (Fsp3) is 0.250. The number of hydrogen-bond acceptors (Lipinski definition) is 6. The molecule has 1 aromatic carbocycles. The van der Waals surface area contributed by atoms with E-state index in [-0.39, 0.29) is 17.4 Å². The number of anilines is 1. The molecule has 2 amide bonds. The third-order valence-corrected chi connectivity index (χ3v) is 5.55. The number of rotatable bonds is 3. The normalized spacial score (nSPS) is 22.0. The first-order chi connectivity index (χ1) is 13.1. The predicted octanol–water partition coefficient (Wildman–Crippen LogP) is 2.25. The molecule has 2 fully saturated rings. The number of hydrogen-bond donors (Lipinski definition) is 2. The number of allylic oxidation sites excluding steroid dienone is 5. The highest BCUT2D eigenvalue weighted by molar-refractivity contribution is 8.18. The smallest absolute Gasteiger partial charge is 0.290 e. The molecule has 2 N–H and O–H groups in total. The third-order valence-electron chi connectivity index (χ3n) is 4.73. The highest BCUT2D eigenvalue weighted by Gasteiger charge is 2.26. The van der Waals surface area contributed by atoms with Gasteiger partial charge in [-0.05, 0) is 47.2 Å². The first kappa shape index (κ1) is 17.8. The number of Topliss-reactive ketones (excluding diaryl/α,β-unsaturated/α-hetero) is 1. The lowest BCUT2D eigenvalue weighted by Gasteiger charge is -2.29. The Morgan fingerprint density at radius 2 is 1.78 bits per heavy atom. The van der Waals surface area contributed by atoms with E-state index in [1.165, 1.54) is 0 Å². The maximum absolute atomic E-state index is 12.4. The van der Waals surface area contributed by atoms with Gasteiger partial charge in [-0.3, -0.25) is 19.7 Å². The standard InChI is InChI=1S/C20H19N3O3S/c24-17-6-1-13(12-18-19(25)22-20(26)27-18)11-16(17)14-2-4-15(5-3-14)23-9-7-21-8-10-23/h1-5,11-12,21H,6-10H2,(H,22,25,26). The van der Waals surface area contributed by atoms with Gasteiger partial charge in [-0.15, -0.1) is 0 Å². The van der Waals surface area contributed by atoms with Gasteiger partial charge >= 0.3 is 0 Å². The van der Waals surface area contributed by atoms with Crippen LogP contribution in [0, 0.1) is 0 Å². The molecule has 0 aromatic heterocycles. The number of carbonyl (C=O) groups is 3. The van der Waals surface area contributed by atoms with Crippen molar-refractivity contribution in [3.05, 3.63) is 58.5 Å². The van der Waals surface area contributed by atoms with Crippen molar-refractivity contribution in [2.75, 3.05) is 31.1 Å². The molecule has 27 heavy (non-hydrogen) atoms. The molecule has 0 radical (unpaired) electrons. The number of piperazine rings is 1. The van der Waals surface area contributed by atoms with E-state index in [0.717, 1.165) is 54.8 Å². The Bertz CT molecular complexity index is 894. The van der Waals surface area contributed by atoms with Crippen molar-refractivity contribution in [3.8, 4) is 0 Å². The highest BCUT2D eigenvalue weighted by atomic mass is 32.2. The number of imide groups is 1. The SMILES string of the molecule is O=C1NC(=O)C(=CC2=CCC(=O)C(c3ccc(N4CCNCC4)cc3)=C2)S1. The Hall–Kier alpha value is -2.64. The zero-order chi connectivity index (χ0) is 18.8. The molecule has 7 heteroatoms. The quantitative estimate of drug-likeness (QED) is 0.782. The summed E-state index contributed by atoms with van der Waals surface area (Å²) in [6.45, 7) is 3.89. The van der Waals surface area contributed by atoms with Gasteiger partial charge in [-0.1, -0.05) is 18.2 Å². The number of thioether (sulfide) groups is 1. The van der Waals surface area contributed by atoms with Crippen LogP contribution >= 0.6 is 11.8 Å². The van der Waals surface area contributed by atoms with E-state index in [1.54, 1.807) is 18.2 Å². The summed E-state index contributed by atoms with van der Waals surface area (Å²) in [5.41, 5.74) is 3.41. The molecule has 2 aliphatic heterocycles. The Morgan fingerprint density at radius 1 is 1.04 bits per heavy atom. The first-order valence-electron chi connectivity index (χ1n) is 8.86. The monoisotopic (exact) mass is 381 g/mol. The average molecular weight is 381 g/mol. The minimum Gasteiger partial charge on any atom is -0.369 e. The maximum atomic E-state index is 12.4. The molecule has 2 saturated heterocycles. The Morgan fingerprint density at radius 3 is 2.44 bits per heavy atom. The molecule has 1 aliphatic carbocycles. The minimum absolute atomic E-state index is 0.0478. The third kappa shape index (κ3) is 3.89. The van der Waals surface area contributed by atoms with Crippen LogP contribution in [0.2, 0.25) is 0 Å². The number of nitrogens with zero attached hydrogens (tertiary/aromatic N) is 1. The van der Waals surface area contributed by atoms with E-state index in [1.807, 2.05) is 24.3 Å². The molecule has 1 aromatic rings. The summed E-state index contributed by atoms with van der Waals surface area (Å²) < 4.78 is 0. The summed E-state index contributed by atoms with van der Waals surface area (Å²) >= 11 is 0.879. The van der Waals surface area contributed by atoms with E-state index >= 15 is 0 Å². The van der Waals surface area contributed by atoms with Gasteiger partial charge in [0.2, 0.25) is 0 Å². The fourth-order valence-electron chi connectivity index (χ4n) is 3.32. The number of carbonyl (C=O) groups excluding carboxylic acids is 3. The van der Waals surface area contributed by atoms with E-state index in [4.69, 9.17) is 0 Å². The zero-order valence-electron chi connectivity index (χ0n) is 14.7. The highest BCUT2D eigenvalue weighted by Crippen LogP contribution is 2.30. The number of ketones is 1. The summed E-state index contributed by atoms with van der Waals surface area (Å²) in [5.74, 6) is -0.343. The number of amides is 2. The second-order valence-corrected chi connectivity index (χ2v) is 7.54. The van der Waals surface area contributed by atoms with Gasteiger partial charge in [-0.25, -0.2) is 0 Å². The van der Waals surface area contributed by atoms with E-state index in [9.17, 15) is 14.4 Å². The maximum Gasteiger partial charge on any atom is 0.290 e. The summed E-state index contributed by atoms with van der Waals surface area (Å²) in [5, 5.41) is 5.20. The molecule has 4 rings (SSSR count). The largest absolute Gasteiger partial charge is 0.369 e. The van der Waals surface area contributed by atoms with Crippen LogP contribution in [0.4, 0.5) is 10.5 Å². The van der Waals surface area contributed by atoms with Crippen LogP contribution in [0.3, 0.4) is 0 Å². The Balaban J connectivity index is 1.56. The fourth-order valence-corrected chi connectivity index (χ4v) is 4.00. The second kappa shape index (κ2) is 7.54. The van der Waals surface area contributed by atoms with Crippen LogP contribution in [-0.2, 0) is 9.59 Å². The molecular formula is C20H19N3O3S. The van der Waals surface area contributed by atoms with Gasteiger partial charge in [-0.2, -0.15) is 0 Å². The van der Waals surface area contributed by atoms with Crippen LogP contribution in [0.5, 0.6) is 0 Å². The van der Waals surface area contributed by atoms with Gasteiger partial charge in [0, 0.05) is 43.9 Å². The van der Waals surface area contributed by atoms with E-state index < -0.39 is 5.91 Å². The van der Waals surface area contributed by atoms with Crippen LogP contribution in [0.25, 0.3) is 5.57 Å². The molecule has 0 spiro atoms. The lowest BCUT2D eigenvalue weighted by atomic mass is 9.92. The molecule has 138 valence electrons. The lowest BCUT2D eigenvalue weighted by molar-refractivity contribution is -0.115. The molecule has 0 unspecified atom stereocenters. The topological polar surface area (TPSA) is 78.5 Å². The summed E-state index contributed by atoms with van der Waals surface area (Å²) in [7, 11) is 0. The first-order valence-corrected chi connectivity index (χ1v) is 9.68. The predicted molar refractivity (Wildman–Crippen MR) is 106 cm³/mol. The van der Waals surface area contributed by atoms with Crippen molar-refractivity contribution < 1.29 is 14.4 Å². The molecular weight excluding hydrogens is 362 g/mol. The summed E-state index contributed by atoms with van der Waals surface area (Å²) in [4.78, 5) is 38.1. The molecule has 6 nitrogen and oxygen atoms in total. The second-order valence-electron chi connectivity index (χ2n) is 6.53. The van der Waals surface area contributed by atoms with Crippen LogP contribution < -0.4 is 15.5 Å². The summed E-state index contributed by atoms with van der Waals surface area (Å²) in [6, 6.07) is 8.03. The molecule has 3 aliphatic rings. The van der Waals surface area contributed by atoms with E-state index in [0.29, 0.717) is 10.5 Å².